The van der Waals surface area contributed by atoms with Crippen molar-refractivity contribution < 1.29 is 19.4 Å². The van der Waals surface area contributed by atoms with E-state index in [1.165, 1.54) is 12.5 Å². The number of nitrogens with zero attached hydrogens (tertiary/aromatic N) is 3. The number of amides is 1. The molecule has 0 atom stereocenters. The summed E-state index contributed by atoms with van der Waals surface area (Å²) < 4.78 is 5.89. The van der Waals surface area contributed by atoms with Gasteiger partial charge in [-0.2, -0.15) is 0 Å². The predicted molar refractivity (Wildman–Crippen MR) is 117 cm³/mol. The molecule has 166 valence electrons. The topological polar surface area (TPSA) is 120 Å². The number of hydrogen-bond acceptors (Lipinski definition) is 6. The summed E-state index contributed by atoms with van der Waals surface area (Å²) in [7, 11) is 0. The number of ether oxygens (including phenoxy) is 1. The van der Waals surface area contributed by atoms with Crippen molar-refractivity contribution in [2.45, 2.75) is 38.3 Å². The van der Waals surface area contributed by atoms with Crippen molar-refractivity contribution >= 4 is 22.8 Å². The van der Waals surface area contributed by atoms with Crippen LogP contribution in [0.2, 0.25) is 0 Å². The van der Waals surface area contributed by atoms with Crippen molar-refractivity contribution in [1.82, 2.24) is 25.2 Å². The minimum absolute atomic E-state index is 0.200. The molecule has 9 nitrogen and oxygen atoms in total. The number of carbonyl (C=O) groups is 2. The fourth-order valence-corrected chi connectivity index (χ4v) is 4.11. The Labute approximate surface area is 184 Å². The molecule has 1 saturated heterocycles. The first-order chi connectivity index (χ1) is 15.5. The van der Waals surface area contributed by atoms with Crippen LogP contribution in [0.4, 0.5) is 0 Å². The number of H-pyrrole nitrogens is 1. The highest BCUT2D eigenvalue weighted by atomic mass is 16.5. The Kier molecular flexibility index (Phi) is 5.48. The van der Waals surface area contributed by atoms with Crippen molar-refractivity contribution in [3.05, 3.63) is 48.0 Å². The summed E-state index contributed by atoms with van der Waals surface area (Å²) in [5.74, 6) is 0.397. The van der Waals surface area contributed by atoms with Gasteiger partial charge >= 0.3 is 5.97 Å². The molecular weight excluding hydrogens is 410 g/mol. The number of hydrogen-bond donors (Lipinski definition) is 3. The number of aromatic amines is 1. The lowest BCUT2D eigenvalue weighted by Crippen LogP contribution is -2.44. The lowest BCUT2D eigenvalue weighted by Gasteiger charge is -2.32. The van der Waals surface area contributed by atoms with Crippen LogP contribution in [0.5, 0.6) is 11.6 Å². The van der Waals surface area contributed by atoms with E-state index >= 15 is 0 Å². The van der Waals surface area contributed by atoms with Crippen molar-refractivity contribution in [2.24, 2.45) is 5.92 Å². The predicted octanol–water partition coefficient (Wildman–Crippen LogP) is 2.94. The zero-order valence-electron chi connectivity index (χ0n) is 17.6. The number of carbonyl (C=O) groups excluding carboxylic acids is 1. The van der Waals surface area contributed by atoms with Crippen molar-refractivity contribution in [3.63, 3.8) is 0 Å². The highest BCUT2D eigenvalue weighted by molar-refractivity contribution is 6.03. The molecule has 5 rings (SSSR count). The summed E-state index contributed by atoms with van der Waals surface area (Å²) in [4.78, 5) is 37.2. The van der Waals surface area contributed by atoms with Crippen LogP contribution >= 0.6 is 0 Å². The molecule has 1 aliphatic carbocycles. The summed E-state index contributed by atoms with van der Waals surface area (Å²) in [6, 6.07) is 7.32. The van der Waals surface area contributed by atoms with Gasteiger partial charge in [-0.3, -0.25) is 9.69 Å². The van der Waals surface area contributed by atoms with Gasteiger partial charge in [-0.1, -0.05) is 0 Å². The number of likely N-dealkylation sites (tertiary alicyclic amines) is 1. The number of carboxylic acids is 1. The summed E-state index contributed by atoms with van der Waals surface area (Å²) in [5, 5.41) is 13.1. The lowest BCUT2D eigenvalue weighted by atomic mass is 10.0. The third-order valence-electron chi connectivity index (χ3n) is 6.07. The van der Waals surface area contributed by atoms with Gasteiger partial charge in [0.2, 0.25) is 11.8 Å². The van der Waals surface area contributed by atoms with E-state index in [2.05, 4.69) is 25.2 Å². The van der Waals surface area contributed by atoms with E-state index in [-0.39, 0.29) is 23.4 Å². The SMILES string of the molecule is O=C(O)c1c[nH]c2ccc(Oc3cc(CN4CCC(NC(=O)C5CC5)CC4)ncn3)cc12. The number of carboxylic acid groups (broad SMARTS) is 1. The van der Waals surface area contributed by atoms with E-state index in [1.54, 1.807) is 24.3 Å². The van der Waals surface area contributed by atoms with Crippen LogP contribution in [0, 0.1) is 5.92 Å². The second-order valence-electron chi connectivity index (χ2n) is 8.50. The molecule has 0 bridgehead atoms. The highest BCUT2D eigenvalue weighted by Crippen LogP contribution is 2.29. The molecule has 9 heteroatoms. The Morgan fingerprint density at radius 3 is 2.72 bits per heavy atom. The summed E-state index contributed by atoms with van der Waals surface area (Å²) >= 11 is 0. The van der Waals surface area contributed by atoms with Gasteiger partial charge in [-0.15, -0.1) is 0 Å². The molecule has 0 unspecified atom stereocenters. The maximum absolute atomic E-state index is 12.0. The van der Waals surface area contributed by atoms with Gasteiger partial charge in [0.05, 0.1) is 11.3 Å². The second kappa shape index (κ2) is 8.58. The number of rotatable bonds is 7. The van der Waals surface area contributed by atoms with Gasteiger partial charge in [0, 0.05) is 54.8 Å². The van der Waals surface area contributed by atoms with Gasteiger partial charge in [0.15, 0.2) is 0 Å². The van der Waals surface area contributed by atoms with Crippen LogP contribution in [-0.2, 0) is 11.3 Å². The first-order valence-corrected chi connectivity index (χ1v) is 10.9. The van der Waals surface area contributed by atoms with E-state index < -0.39 is 5.97 Å². The number of aromatic nitrogens is 3. The molecule has 3 aromatic rings. The van der Waals surface area contributed by atoms with Gasteiger partial charge in [-0.25, -0.2) is 14.8 Å². The Morgan fingerprint density at radius 2 is 1.97 bits per heavy atom. The molecule has 2 fully saturated rings. The maximum atomic E-state index is 12.0. The molecule has 1 aliphatic heterocycles. The fourth-order valence-electron chi connectivity index (χ4n) is 4.11. The summed E-state index contributed by atoms with van der Waals surface area (Å²) in [6.07, 6.45) is 6.89. The Morgan fingerprint density at radius 1 is 1.16 bits per heavy atom. The molecule has 0 spiro atoms. The van der Waals surface area contributed by atoms with E-state index in [0.717, 1.165) is 50.0 Å². The number of nitrogens with one attached hydrogen (secondary N) is 2. The largest absolute Gasteiger partial charge is 0.478 e. The standard InChI is InChI=1S/C23H25N5O4/c29-22(14-1-2-14)27-15-5-7-28(8-6-15)12-16-9-21(26-13-25-16)32-17-3-4-20-18(10-17)19(11-24-20)23(30)31/h3-4,9-11,13-15,24H,1-2,5-8,12H2,(H,27,29)(H,30,31). The number of aromatic carboxylic acids is 1. The van der Waals surface area contributed by atoms with Gasteiger partial charge < -0.3 is 20.1 Å². The normalized spacial score (nSPS) is 17.4. The van der Waals surface area contributed by atoms with E-state index in [4.69, 9.17) is 4.74 Å². The van der Waals surface area contributed by atoms with E-state index in [1.807, 2.05) is 0 Å². The molecule has 1 aromatic carbocycles. The maximum Gasteiger partial charge on any atom is 0.337 e. The molecule has 32 heavy (non-hydrogen) atoms. The number of benzene rings is 1. The molecule has 3 N–H and O–H groups in total. The summed E-state index contributed by atoms with van der Waals surface area (Å²) in [5.41, 5.74) is 1.78. The lowest BCUT2D eigenvalue weighted by molar-refractivity contribution is -0.123. The Bertz CT molecular complexity index is 1150. The monoisotopic (exact) mass is 435 g/mol. The van der Waals surface area contributed by atoms with Crippen LogP contribution in [0.15, 0.2) is 36.8 Å². The molecule has 2 aliphatic rings. The third kappa shape index (κ3) is 4.57. The van der Waals surface area contributed by atoms with E-state index in [0.29, 0.717) is 23.6 Å². The van der Waals surface area contributed by atoms with Gasteiger partial charge in [0.25, 0.3) is 0 Å². The average molecular weight is 435 g/mol. The first kappa shape index (κ1) is 20.4. The van der Waals surface area contributed by atoms with Crippen LogP contribution < -0.4 is 10.1 Å². The van der Waals surface area contributed by atoms with E-state index in [9.17, 15) is 14.7 Å². The number of fused-ring (bicyclic) bond motifs is 1. The summed E-state index contributed by atoms with van der Waals surface area (Å²) in [6.45, 7) is 2.48. The number of piperidine rings is 1. The highest BCUT2D eigenvalue weighted by Gasteiger charge is 2.31. The minimum Gasteiger partial charge on any atom is -0.478 e. The molecule has 1 saturated carbocycles. The van der Waals surface area contributed by atoms with Gasteiger partial charge in [0.1, 0.15) is 12.1 Å². The van der Waals surface area contributed by atoms with Gasteiger partial charge in [-0.05, 0) is 43.9 Å². The second-order valence-corrected chi connectivity index (χ2v) is 8.50. The average Bonchev–Trinajstić information content (AvgIpc) is 3.55. The third-order valence-corrected chi connectivity index (χ3v) is 6.07. The van der Waals surface area contributed by atoms with Crippen molar-refractivity contribution in [1.29, 1.82) is 0 Å². The van der Waals surface area contributed by atoms with Crippen LogP contribution in [0.1, 0.15) is 41.7 Å². The zero-order chi connectivity index (χ0) is 22.1. The smallest absolute Gasteiger partial charge is 0.337 e. The molecule has 0 radical (unpaired) electrons. The Hall–Kier alpha value is -3.46. The van der Waals surface area contributed by atoms with Crippen molar-refractivity contribution in [3.8, 4) is 11.6 Å². The van der Waals surface area contributed by atoms with Crippen LogP contribution in [0.3, 0.4) is 0 Å². The first-order valence-electron chi connectivity index (χ1n) is 10.9. The van der Waals surface area contributed by atoms with Crippen LogP contribution in [-0.4, -0.2) is 56.0 Å². The van der Waals surface area contributed by atoms with Crippen molar-refractivity contribution in [2.75, 3.05) is 13.1 Å². The van der Waals surface area contributed by atoms with Crippen LogP contribution in [0.25, 0.3) is 10.9 Å². The molecular formula is C23H25N5O4. The molecule has 2 aromatic heterocycles. The fraction of sp³-hybridized carbons (Fsp3) is 0.391. The Balaban J connectivity index is 1.20. The zero-order valence-corrected chi connectivity index (χ0v) is 17.6. The quantitative estimate of drug-likeness (QED) is 0.522. The minimum atomic E-state index is -0.992. The molecule has 3 heterocycles. The molecule has 1 amide bonds.